The number of carboxylic acid groups (broad SMARTS) is 2. The van der Waals surface area contributed by atoms with E-state index in [0.29, 0.717) is 44.7 Å². The number of nitrogens with two attached hydrogens (primary N) is 2. The summed E-state index contributed by atoms with van der Waals surface area (Å²) in [5.41, 5.74) is 7.76. The van der Waals surface area contributed by atoms with Crippen molar-refractivity contribution in [2.45, 2.75) is 18.5 Å². The molecule has 1 unspecified atom stereocenters. The third-order valence-electron chi connectivity index (χ3n) is 10.7. The van der Waals surface area contributed by atoms with Crippen molar-refractivity contribution in [3.05, 3.63) is 127 Å². The summed E-state index contributed by atoms with van der Waals surface area (Å²) >= 11 is 0. The van der Waals surface area contributed by atoms with Crippen molar-refractivity contribution in [2.75, 3.05) is 36.0 Å². The average Bonchev–Trinajstić information content (AvgIpc) is 3.48. The number of hydrogen-bond donors (Lipinski definition) is 4. The van der Waals surface area contributed by atoms with Gasteiger partial charge >= 0.3 is 11.9 Å². The van der Waals surface area contributed by atoms with Gasteiger partial charge in [0.15, 0.2) is 34.6 Å². The number of halogens is 6. The van der Waals surface area contributed by atoms with Gasteiger partial charge in [0.1, 0.15) is 34.4 Å². The number of pyridine rings is 4. The SMILES string of the molecule is NC1CCN(c2nc3c(cc2F)c(=O)c(C(=O)O)cn3-c2ccc(F)cc2F)C1.N[C@@H]1[C@H]2CN(c3nc4c(cc3F)c(=O)c(C(=O)O)cn4-c3ccc(F)cc3F)C[C@@H]12. The van der Waals surface area contributed by atoms with Crippen LogP contribution in [0.4, 0.5) is 38.0 Å². The Labute approximate surface area is 327 Å². The molecular formula is C39H30F6N8O6. The van der Waals surface area contributed by atoms with Crippen molar-refractivity contribution >= 4 is 45.6 Å². The van der Waals surface area contributed by atoms with E-state index >= 15 is 0 Å². The number of aromatic carboxylic acids is 2. The van der Waals surface area contributed by atoms with Gasteiger partial charge in [0.05, 0.1) is 22.1 Å². The first-order chi connectivity index (χ1) is 28.0. The zero-order valence-electron chi connectivity index (χ0n) is 30.3. The highest BCUT2D eigenvalue weighted by Gasteiger charge is 2.54. The van der Waals surface area contributed by atoms with Gasteiger partial charge in [-0.2, -0.15) is 0 Å². The van der Waals surface area contributed by atoms with Gasteiger partial charge in [-0.25, -0.2) is 45.9 Å². The number of hydrogen-bond acceptors (Lipinski definition) is 10. The van der Waals surface area contributed by atoms with E-state index in [0.717, 1.165) is 57.9 Å². The molecule has 20 heteroatoms. The molecule has 3 fully saturated rings. The average molecular weight is 821 g/mol. The molecule has 6 heterocycles. The first kappa shape index (κ1) is 39.0. The normalized spacial score (nSPS) is 19.5. The molecule has 14 nitrogen and oxygen atoms in total. The number of piperidine rings is 1. The molecule has 6 aromatic rings. The zero-order valence-corrected chi connectivity index (χ0v) is 30.3. The van der Waals surface area contributed by atoms with Crippen LogP contribution in [0.5, 0.6) is 0 Å². The molecule has 9 rings (SSSR count). The number of benzene rings is 2. The van der Waals surface area contributed by atoms with E-state index in [4.69, 9.17) is 11.5 Å². The highest BCUT2D eigenvalue weighted by Crippen LogP contribution is 2.45. The van der Waals surface area contributed by atoms with Crippen LogP contribution in [0.1, 0.15) is 27.1 Å². The Morgan fingerprint density at radius 1 is 0.627 bits per heavy atom. The van der Waals surface area contributed by atoms with E-state index in [-0.39, 0.29) is 69.0 Å². The van der Waals surface area contributed by atoms with E-state index in [9.17, 15) is 55.7 Å². The molecule has 3 aliphatic rings. The lowest BCUT2D eigenvalue weighted by atomic mass is 10.1. The largest absolute Gasteiger partial charge is 0.477 e. The first-order valence-electron chi connectivity index (χ1n) is 17.9. The fourth-order valence-electron chi connectivity index (χ4n) is 7.62. The molecule has 0 radical (unpaired) electrons. The van der Waals surface area contributed by atoms with Crippen molar-refractivity contribution in [1.29, 1.82) is 0 Å². The van der Waals surface area contributed by atoms with Crippen LogP contribution in [0, 0.1) is 46.7 Å². The Balaban J connectivity index is 0.000000164. The lowest BCUT2D eigenvalue weighted by Gasteiger charge is -2.22. The van der Waals surface area contributed by atoms with Crippen LogP contribution >= 0.6 is 0 Å². The fourth-order valence-corrected chi connectivity index (χ4v) is 7.62. The molecule has 304 valence electrons. The third-order valence-corrected chi connectivity index (χ3v) is 10.7. The van der Waals surface area contributed by atoms with Crippen LogP contribution in [0.3, 0.4) is 0 Å². The van der Waals surface area contributed by atoms with Crippen molar-refractivity contribution < 1.29 is 46.1 Å². The second-order valence-electron chi connectivity index (χ2n) is 14.4. The maximum absolute atomic E-state index is 14.8. The highest BCUT2D eigenvalue weighted by molar-refractivity contribution is 5.93. The smallest absolute Gasteiger partial charge is 0.341 e. The van der Waals surface area contributed by atoms with E-state index in [1.165, 1.54) is 0 Å². The Morgan fingerprint density at radius 2 is 1.07 bits per heavy atom. The van der Waals surface area contributed by atoms with Crippen LogP contribution in [0.2, 0.25) is 0 Å². The molecule has 2 aliphatic heterocycles. The molecule has 2 aromatic carbocycles. The highest BCUT2D eigenvalue weighted by atomic mass is 19.2. The number of aromatic nitrogens is 4. The molecule has 4 aromatic heterocycles. The lowest BCUT2D eigenvalue weighted by molar-refractivity contribution is 0.0684. The summed E-state index contributed by atoms with van der Waals surface area (Å²) in [4.78, 5) is 59.9. The number of anilines is 2. The van der Waals surface area contributed by atoms with Gasteiger partial charge in [-0.05, 0) is 54.7 Å². The van der Waals surface area contributed by atoms with E-state index in [2.05, 4.69) is 9.97 Å². The van der Waals surface area contributed by atoms with Crippen molar-refractivity contribution in [2.24, 2.45) is 23.3 Å². The molecule has 2 saturated heterocycles. The lowest BCUT2D eigenvalue weighted by Crippen LogP contribution is -2.30. The minimum absolute atomic E-state index is 0.0272. The second kappa shape index (κ2) is 14.5. The fraction of sp³-hybridized carbons (Fsp3) is 0.231. The van der Waals surface area contributed by atoms with Gasteiger partial charge in [-0.3, -0.25) is 18.7 Å². The van der Waals surface area contributed by atoms with Gasteiger partial charge in [0, 0.05) is 62.8 Å². The molecule has 4 atom stereocenters. The maximum atomic E-state index is 14.8. The number of rotatable bonds is 6. The molecule has 0 spiro atoms. The first-order valence-corrected chi connectivity index (χ1v) is 17.9. The van der Waals surface area contributed by atoms with Crippen LogP contribution in [0.15, 0.2) is 70.5 Å². The minimum atomic E-state index is -1.57. The van der Waals surface area contributed by atoms with E-state index in [1.54, 1.807) is 9.80 Å². The van der Waals surface area contributed by atoms with Crippen LogP contribution in [-0.2, 0) is 0 Å². The molecule has 1 aliphatic carbocycles. The summed E-state index contributed by atoms with van der Waals surface area (Å²) < 4.78 is 87.2. The number of nitrogens with zero attached hydrogens (tertiary/aromatic N) is 6. The van der Waals surface area contributed by atoms with Crippen molar-refractivity contribution in [3.63, 3.8) is 0 Å². The predicted octanol–water partition coefficient (Wildman–Crippen LogP) is 3.93. The van der Waals surface area contributed by atoms with Crippen molar-refractivity contribution in [3.8, 4) is 11.4 Å². The molecule has 0 bridgehead atoms. The van der Waals surface area contributed by atoms with Gasteiger partial charge in [-0.15, -0.1) is 0 Å². The number of fused-ring (bicyclic) bond motifs is 3. The Hall–Kier alpha value is -6.80. The quantitative estimate of drug-likeness (QED) is 0.177. The van der Waals surface area contributed by atoms with Gasteiger partial charge in [-0.1, -0.05) is 0 Å². The minimum Gasteiger partial charge on any atom is -0.477 e. The molecular weight excluding hydrogens is 790 g/mol. The molecule has 0 amide bonds. The third kappa shape index (κ3) is 6.88. The standard InChI is InChI=1S/C20H15F3N4O3.C19H15F3N4O3/c21-8-1-2-15(13(22)3-8)27-7-12(20(29)30)17(28)9-4-14(23)19(25-18(9)27)26-5-10-11(6-26)16(10)24;20-9-1-2-15(13(21)5-9)26-8-12(19(28)29)16(27)11-6-14(22)18(24-17(11)26)25-4-3-10(23)7-25/h1-4,7,10-11,16H,5-6,24H2,(H,29,30);1-2,5-6,8,10H,3-4,7,23H2,(H,28,29)/t10-,11+,16+;. The Morgan fingerprint density at radius 3 is 1.46 bits per heavy atom. The summed E-state index contributed by atoms with van der Waals surface area (Å²) in [5.74, 6) is -8.00. The molecule has 1 saturated carbocycles. The summed E-state index contributed by atoms with van der Waals surface area (Å²) in [5, 5.41) is 18.0. The van der Waals surface area contributed by atoms with Crippen LogP contribution in [-0.4, -0.2) is 79.5 Å². The van der Waals surface area contributed by atoms with Crippen molar-refractivity contribution in [1.82, 2.24) is 19.1 Å². The number of carboxylic acids is 2. The summed E-state index contributed by atoms with van der Waals surface area (Å²) in [6, 6.07) is 7.08. The van der Waals surface area contributed by atoms with E-state index < -0.39 is 68.8 Å². The summed E-state index contributed by atoms with van der Waals surface area (Å²) in [6.45, 7) is 1.80. The number of carbonyl (C=O) groups is 2. The topological polar surface area (TPSA) is 203 Å². The zero-order chi connectivity index (χ0) is 42.2. The summed E-state index contributed by atoms with van der Waals surface area (Å²) in [6.07, 6.45) is 2.43. The van der Waals surface area contributed by atoms with Crippen LogP contribution < -0.4 is 32.1 Å². The monoisotopic (exact) mass is 820 g/mol. The Kier molecular flexibility index (Phi) is 9.62. The molecule has 6 N–H and O–H groups in total. The molecule has 59 heavy (non-hydrogen) atoms. The maximum Gasteiger partial charge on any atom is 0.341 e. The second-order valence-corrected chi connectivity index (χ2v) is 14.4. The summed E-state index contributed by atoms with van der Waals surface area (Å²) in [7, 11) is 0. The van der Waals surface area contributed by atoms with Crippen LogP contribution in [0.25, 0.3) is 33.4 Å². The van der Waals surface area contributed by atoms with Gasteiger partial charge < -0.3 is 31.5 Å². The Bertz CT molecular complexity index is 2880. The van der Waals surface area contributed by atoms with Gasteiger partial charge in [0.25, 0.3) is 0 Å². The van der Waals surface area contributed by atoms with E-state index in [1.807, 2.05) is 0 Å². The predicted molar refractivity (Wildman–Crippen MR) is 200 cm³/mol. The van der Waals surface area contributed by atoms with Gasteiger partial charge in [0.2, 0.25) is 10.9 Å².